The van der Waals surface area contributed by atoms with Crippen molar-refractivity contribution in [2.75, 3.05) is 26.9 Å². The first-order valence-electron chi connectivity index (χ1n) is 5.27. The minimum absolute atomic E-state index is 0.122. The van der Waals surface area contributed by atoms with Gasteiger partial charge in [0, 0.05) is 7.11 Å². The quantitative estimate of drug-likeness (QED) is 0.426. The van der Waals surface area contributed by atoms with Crippen LogP contribution in [0, 0.1) is 0 Å². The van der Waals surface area contributed by atoms with Gasteiger partial charge >= 0.3 is 0 Å². The number of amides is 2. The summed E-state index contributed by atoms with van der Waals surface area (Å²) in [5.41, 5.74) is 5.93. The molecule has 0 unspecified atom stereocenters. The van der Waals surface area contributed by atoms with Crippen LogP contribution < -0.4 is 11.1 Å². The normalized spacial score (nSPS) is 11.9. The second-order valence-electron chi connectivity index (χ2n) is 3.73. The summed E-state index contributed by atoms with van der Waals surface area (Å²) in [6, 6.07) is -0.731. The number of methoxy groups -OCH3 is 1. The molecule has 0 saturated heterocycles. The van der Waals surface area contributed by atoms with Crippen LogP contribution in [0.5, 0.6) is 0 Å². The second kappa shape index (κ2) is 8.72. The Balaban J connectivity index is 3.96. The molecule has 0 aliphatic carbocycles. The lowest BCUT2D eigenvalue weighted by molar-refractivity contribution is -0.130. The highest BCUT2D eigenvalue weighted by atomic mass is 16.5. The zero-order valence-corrected chi connectivity index (χ0v) is 10.3. The number of carbonyl (C=O) groups is 2. The van der Waals surface area contributed by atoms with E-state index < -0.39 is 11.9 Å². The van der Waals surface area contributed by atoms with E-state index in [-0.39, 0.29) is 12.5 Å². The average Bonchev–Trinajstić information content (AvgIpc) is 2.22. The van der Waals surface area contributed by atoms with Crippen LogP contribution >= 0.6 is 0 Å². The Labute approximate surface area is 101 Å². The van der Waals surface area contributed by atoms with Crippen LogP contribution in [-0.4, -0.2) is 44.8 Å². The van der Waals surface area contributed by atoms with Crippen LogP contribution in [0.1, 0.15) is 13.3 Å². The predicted molar refractivity (Wildman–Crippen MR) is 63.3 cm³/mol. The van der Waals surface area contributed by atoms with Crippen LogP contribution in [0.2, 0.25) is 0 Å². The summed E-state index contributed by atoms with van der Waals surface area (Å²) in [6.07, 6.45) is 0.332. The molecule has 6 nitrogen and oxygen atoms in total. The number of carbonyl (C=O) groups excluding carboxylic acids is 2. The zero-order chi connectivity index (χ0) is 13.3. The van der Waals surface area contributed by atoms with E-state index in [0.717, 1.165) is 5.57 Å². The van der Waals surface area contributed by atoms with Gasteiger partial charge in [0.2, 0.25) is 11.8 Å². The maximum absolute atomic E-state index is 11.4. The van der Waals surface area contributed by atoms with Crippen molar-refractivity contribution in [1.82, 2.24) is 5.32 Å². The summed E-state index contributed by atoms with van der Waals surface area (Å²) in [6.45, 7) is 6.04. The molecule has 0 saturated carbocycles. The van der Waals surface area contributed by atoms with Crippen LogP contribution in [0.4, 0.5) is 0 Å². The van der Waals surface area contributed by atoms with E-state index in [1.54, 1.807) is 14.0 Å². The Kier molecular flexibility index (Phi) is 8.00. The van der Waals surface area contributed by atoms with Crippen molar-refractivity contribution in [3.05, 3.63) is 12.2 Å². The van der Waals surface area contributed by atoms with Crippen molar-refractivity contribution in [3.63, 3.8) is 0 Å². The molecule has 0 aromatic rings. The largest absolute Gasteiger partial charge is 0.382 e. The van der Waals surface area contributed by atoms with Gasteiger partial charge in [0.1, 0.15) is 12.6 Å². The Bertz CT molecular complexity index is 279. The molecule has 1 atom stereocenters. The Morgan fingerprint density at radius 3 is 2.53 bits per heavy atom. The number of ether oxygens (including phenoxy) is 2. The molecular formula is C11H20N2O4. The second-order valence-corrected chi connectivity index (χ2v) is 3.73. The van der Waals surface area contributed by atoms with Gasteiger partial charge in [-0.15, -0.1) is 6.58 Å². The third-order valence-electron chi connectivity index (χ3n) is 1.90. The molecule has 0 rings (SSSR count). The number of nitrogens with one attached hydrogen (secondary N) is 1. The predicted octanol–water partition coefficient (Wildman–Crippen LogP) is -0.414. The molecule has 98 valence electrons. The lowest BCUT2D eigenvalue weighted by Crippen LogP contribution is -2.45. The molecule has 17 heavy (non-hydrogen) atoms. The van der Waals surface area contributed by atoms with Gasteiger partial charge in [-0.1, -0.05) is 5.57 Å². The average molecular weight is 244 g/mol. The Morgan fingerprint density at radius 1 is 1.41 bits per heavy atom. The van der Waals surface area contributed by atoms with Crippen molar-refractivity contribution in [2.45, 2.75) is 19.4 Å². The minimum Gasteiger partial charge on any atom is -0.382 e. The molecule has 0 heterocycles. The third-order valence-corrected chi connectivity index (χ3v) is 1.90. The van der Waals surface area contributed by atoms with Crippen molar-refractivity contribution in [1.29, 1.82) is 0 Å². The van der Waals surface area contributed by atoms with Crippen LogP contribution in [0.25, 0.3) is 0 Å². The highest BCUT2D eigenvalue weighted by Crippen LogP contribution is 2.01. The summed E-state index contributed by atoms with van der Waals surface area (Å²) in [7, 11) is 1.54. The van der Waals surface area contributed by atoms with Gasteiger partial charge in [0.15, 0.2) is 0 Å². The lowest BCUT2D eigenvalue weighted by atomic mass is 10.1. The Morgan fingerprint density at radius 2 is 2.06 bits per heavy atom. The fraction of sp³-hybridized carbons (Fsp3) is 0.636. The first-order valence-corrected chi connectivity index (χ1v) is 5.27. The van der Waals surface area contributed by atoms with E-state index >= 15 is 0 Å². The van der Waals surface area contributed by atoms with E-state index in [1.807, 2.05) is 0 Å². The van der Waals surface area contributed by atoms with E-state index in [9.17, 15) is 9.59 Å². The number of hydrogen-bond donors (Lipinski definition) is 2. The highest BCUT2D eigenvalue weighted by Gasteiger charge is 2.17. The maximum Gasteiger partial charge on any atom is 0.246 e. The first kappa shape index (κ1) is 15.6. The summed E-state index contributed by atoms with van der Waals surface area (Å²) >= 11 is 0. The van der Waals surface area contributed by atoms with Gasteiger partial charge in [-0.05, 0) is 13.3 Å². The minimum atomic E-state index is -0.731. The van der Waals surface area contributed by atoms with Crippen LogP contribution in [-0.2, 0) is 19.1 Å². The first-order chi connectivity index (χ1) is 7.97. The third kappa shape index (κ3) is 8.41. The summed E-state index contributed by atoms with van der Waals surface area (Å²) in [5.74, 6) is -0.968. The number of hydrogen-bond acceptors (Lipinski definition) is 4. The van der Waals surface area contributed by atoms with Gasteiger partial charge in [-0.25, -0.2) is 0 Å². The maximum atomic E-state index is 11.4. The standard InChI is InChI=1S/C11H20N2O4/c1-8(2)6-9(11(12)15)13-10(14)7-17-5-4-16-3/h9H,1,4-7H2,2-3H3,(H2,12,15)(H,13,14)/t9-/m1/s1. The van der Waals surface area contributed by atoms with E-state index in [2.05, 4.69) is 11.9 Å². The number of primary amides is 1. The van der Waals surface area contributed by atoms with Crippen LogP contribution in [0.15, 0.2) is 12.2 Å². The van der Waals surface area contributed by atoms with Crippen molar-refractivity contribution >= 4 is 11.8 Å². The lowest BCUT2D eigenvalue weighted by Gasteiger charge is -2.15. The van der Waals surface area contributed by atoms with Gasteiger partial charge < -0.3 is 20.5 Å². The molecule has 3 N–H and O–H groups in total. The van der Waals surface area contributed by atoms with Gasteiger partial charge in [0.05, 0.1) is 13.2 Å². The molecule has 0 fully saturated rings. The summed E-state index contributed by atoms with van der Waals surface area (Å²) in [4.78, 5) is 22.4. The highest BCUT2D eigenvalue weighted by molar-refractivity contribution is 5.87. The molecule has 0 radical (unpaired) electrons. The zero-order valence-electron chi connectivity index (χ0n) is 10.3. The van der Waals surface area contributed by atoms with Crippen molar-refractivity contribution in [3.8, 4) is 0 Å². The van der Waals surface area contributed by atoms with E-state index in [1.165, 1.54) is 0 Å². The topological polar surface area (TPSA) is 90.7 Å². The monoisotopic (exact) mass is 244 g/mol. The fourth-order valence-corrected chi connectivity index (χ4v) is 1.11. The molecule has 0 aliphatic rings. The molecule has 6 heteroatoms. The molecule has 2 amide bonds. The molecule has 0 aromatic heterocycles. The van der Waals surface area contributed by atoms with Gasteiger partial charge in [0.25, 0.3) is 0 Å². The van der Waals surface area contributed by atoms with E-state index in [0.29, 0.717) is 19.6 Å². The summed E-state index contributed by atoms with van der Waals surface area (Å²) < 4.78 is 9.76. The smallest absolute Gasteiger partial charge is 0.246 e. The molecular weight excluding hydrogens is 224 g/mol. The summed E-state index contributed by atoms with van der Waals surface area (Å²) in [5, 5.41) is 2.48. The Hall–Kier alpha value is -1.40. The molecule has 0 aromatic carbocycles. The molecule has 0 aliphatic heterocycles. The number of nitrogens with two attached hydrogens (primary N) is 1. The SMILES string of the molecule is C=C(C)C[C@@H](NC(=O)COCCOC)C(N)=O. The van der Waals surface area contributed by atoms with Crippen molar-refractivity contribution in [2.24, 2.45) is 5.73 Å². The van der Waals surface area contributed by atoms with Gasteiger partial charge in [-0.3, -0.25) is 9.59 Å². The number of rotatable bonds is 9. The van der Waals surface area contributed by atoms with Crippen LogP contribution in [0.3, 0.4) is 0 Å². The fourth-order valence-electron chi connectivity index (χ4n) is 1.11. The van der Waals surface area contributed by atoms with Crippen molar-refractivity contribution < 1.29 is 19.1 Å². The van der Waals surface area contributed by atoms with E-state index in [4.69, 9.17) is 15.2 Å². The van der Waals surface area contributed by atoms with Gasteiger partial charge in [-0.2, -0.15) is 0 Å². The molecule has 0 spiro atoms. The molecule has 0 bridgehead atoms.